The fourth-order valence-electron chi connectivity index (χ4n) is 2.41. The van der Waals surface area contributed by atoms with E-state index < -0.39 is 0 Å². The smallest absolute Gasteiger partial charge is 0.255 e. The molecule has 1 aliphatic rings. The number of nitrogens with zero attached hydrogens (tertiary/aromatic N) is 1. The molecule has 0 bridgehead atoms. The number of fused-ring (bicyclic) bond motifs is 1. The summed E-state index contributed by atoms with van der Waals surface area (Å²) in [6, 6.07) is 12.3. The van der Waals surface area contributed by atoms with Gasteiger partial charge in [0.25, 0.3) is 5.91 Å². The van der Waals surface area contributed by atoms with E-state index in [4.69, 9.17) is 32.7 Å². The molecule has 120 valence electrons. The molecule has 1 atom stereocenters. The lowest BCUT2D eigenvalue weighted by atomic mass is 10.2. The second-order valence-corrected chi connectivity index (χ2v) is 6.15. The van der Waals surface area contributed by atoms with Gasteiger partial charge in [-0.2, -0.15) is 0 Å². The molecule has 0 aliphatic carbocycles. The van der Waals surface area contributed by atoms with Crippen molar-refractivity contribution in [2.24, 2.45) is 0 Å². The number of ether oxygens (including phenoxy) is 2. The van der Waals surface area contributed by atoms with E-state index in [0.29, 0.717) is 34.5 Å². The Morgan fingerprint density at radius 3 is 2.70 bits per heavy atom. The van der Waals surface area contributed by atoms with Crippen LogP contribution >= 0.6 is 23.2 Å². The summed E-state index contributed by atoms with van der Waals surface area (Å²) in [5, 5.41) is 0.829. The van der Waals surface area contributed by atoms with Crippen LogP contribution in [0.4, 0.5) is 0 Å². The predicted octanol–water partition coefficient (Wildman–Crippen LogP) is 3.91. The molecule has 6 heteroatoms. The summed E-state index contributed by atoms with van der Waals surface area (Å²) in [4.78, 5) is 14.1. The molecule has 0 fully saturated rings. The Bertz CT molecular complexity index is 736. The van der Waals surface area contributed by atoms with Crippen LogP contribution in [-0.2, 0) is 0 Å². The second-order valence-electron chi connectivity index (χ2n) is 5.31. The van der Waals surface area contributed by atoms with Crippen molar-refractivity contribution in [1.82, 2.24) is 4.90 Å². The molecule has 1 unspecified atom stereocenters. The van der Waals surface area contributed by atoms with E-state index in [1.54, 1.807) is 30.1 Å². The summed E-state index contributed by atoms with van der Waals surface area (Å²) in [5.74, 6) is 1.22. The van der Waals surface area contributed by atoms with E-state index in [0.717, 1.165) is 5.75 Å². The molecule has 1 aliphatic heterocycles. The van der Waals surface area contributed by atoms with Crippen molar-refractivity contribution in [2.75, 3.05) is 20.2 Å². The van der Waals surface area contributed by atoms with Crippen molar-refractivity contribution < 1.29 is 14.3 Å². The highest BCUT2D eigenvalue weighted by atomic mass is 35.5. The van der Waals surface area contributed by atoms with Gasteiger partial charge in [0.05, 0.1) is 17.1 Å². The Balaban J connectivity index is 1.67. The summed E-state index contributed by atoms with van der Waals surface area (Å²) in [6.07, 6.45) is -0.232. The Hall–Kier alpha value is -1.91. The molecule has 0 radical (unpaired) electrons. The first-order valence-corrected chi connectivity index (χ1v) is 7.89. The number of hydrogen-bond donors (Lipinski definition) is 0. The number of halogens is 2. The van der Waals surface area contributed by atoms with Crippen molar-refractivity contribution in [1.29, 1.82) is 0 Å². The highest BCUT2D eigenvalue weighted by Gasteiger charge is 2.24. The molecule has 0 N–H and O–H groups in total. The number of carbonyl (C=O) groups excluding carboxylic acids is 1. The van der Waals surface area contributed by atoms with E-state index in [9.17, 15) is 4.79 Å². The van der Waals surface area contributed by atoms with Crippen LogP contribution < -0.4 is 9.47 Å². The van der Waals surface area contributed by atoms with Crippen LogP contribution in [0.1, 0.15) is 10.4 Å². The largest absolute Gasteiger partial charge is 0.486 e. The van der Waals surface area contributed by atoms with Gasteiger partial charge in [-0.05, 0) is 30.3 Å². The lowest BCUT2D eigenvalue weighted by molar-refractivity contribution is 0.0521. The van der Waals surface area contributed by atoms with E-state index in [2.05, 4.69) is 0 Å². The Kier molecular flexibility index (Phi) is 4.64. The molecular formula is C17H15Cl2NO3. The van der Waals surface area contributed by atoms with Crippen LogP contribution in [0.5, 0.6) is 11.5 Å². The molecule has 2 aromatic rings. The zero-order valence-electron chi connectivity index (χ0n) is 12.5. The molecule has 0 saturated heterocycles. The molecule has 2 aromatic carbocycles. The summed E-state index contributed by atoms with van der Waals surface area (Å²) in [5.41, 5.74) is 0.413. The lowest BCUT2D eigenvalue weighted by Crippen LogP contribution is -2.41. The number of rotatable bonds is 3. The molecule has 0 aromatic heterocycles. The third-order valence-corrected chi connectivity index (χ3v) is 4.10. The minimum Gasteiger partial charge on any atom is -0.486 e. The summed E-state index contributed by atoms with van der Waals surface area (Å²) in [6.45, 7) is 0.787. The zero-order valence-corrected chi connectivity index (χ0v) is 14.0. The van der Waals surface area contributed by atoms with Gasteiger partial charge in [-0.1, -0.05) is 35.3 Å². The molecule has 1 amide bonds. The summed E-state index contributed by atoms with van der Waals surface area (Å²) >= 11 is 11.9. The topological polar surface area (TPSA) is 38.8 Å². The number of benzene rings is 2. The van der Waals surface area contributed by atoms with Gasteiger partial charge < -0.3 is 14.4 Å². The standard InChI is InChI=1S/C17H15Cl2NO3/c1-20(17(21)13-7-6-11(18)8-14(13)19)9-12-10-22-15-4-2-3-5-16(15)23-12/h2-8,12H,9-10H2,1H3. The molecule has 4 nitrogen and oxygen atoms in total. The normalized spacial score (nSPS) is 16.0. The first kappa shape index (κ1) is 16.0. The number of likely N-dealkylation sites (N-methyl/N-ethyl adjacent to an activating group) is 1. The molecular weight excluding hydrogens is 337 g/mol. The molecule has 0 saturated carbocycles. The third-order valence-electron chi connectivity index (χ3n) is 3.55. The SMILES string of the molecule is CN(CC1COc2ccccc2O1)C(=O)c1ccc(Cl)cc1Cl. The highest BCUT2D eigenvalue weighted by molar-refractivity contribution is 6.36. The molecule has 0 spiro atoms. The van der Waals surface area contributed by atoms with Gasteiger partial charge in [-0.3, -0.25) is 4.79 Å². The molecule has 3 rings (SSSR count). The summed E-state index contributed by atoms with van der Waals surface area (Å²) < 4.78 is 11.5. The maximum absolute atomic E-state index is 12.5. The van der Waals surface area contributed by atoms with Crippen LogP contribution in [0.25, 0.3) is 0 Å². The Morgan fingerprint density at radius 2 is 1.96 bits per heavy atom. The fraction of sp³-hybridized carbons (Fsp3) is 0.235. The Morgan fingerprint density at radius 1 is 1.22 bits per heavy atom. The monoisotopic (exact) mass is 351 g/mol. The minimum absolute atomic E-state index is 0.186. The van der Waals surface area contributed by atoms with Crippen molar-refractivity contribution in [2.45, 2.75) is 6.10 Å². The second kappa shape index (κ2) is 6.69. The van der Waals surface area contributed by atoms with Gasteiger partial charge in [0.15, 0.2) is 17.6 Å². The lowest BCUT2D eigenvalue weighted by Gasteiger charge is -2.29. The highest BCUT2D eigenvalue weighted by Crippen LogP contribution is 2.31. The van der Waals surface area contributed by atoms with Gasteiger partial charge in [-0.25, -0.2) is 0 Å². The van der Waals surface area contributed by atoms with Gasteiger partial charge in [-0.15, -0.1) is 0 Å². The van der Waals surface area contributed by atoms with Gasteiger partial charge in [0.2, 0.25) is 0 Å². The number of hydrogen-bond acceptors (Lipinski definition) is 3. The van der Waals surface area contributed by atoms with E-state index in [1.165, 1.54) is 0 Å². The third kappa shape index (κ3) is 3.54. The van der Waals surface area contributed by atoms with E-state index in [1.807, 2.05) is 24.3 Å². The first-order chi connectivity index (χ1) is 11.0. The Labute approximate surface area is 144 Å². The van der Waals surface area contributed by atoms with Crippen LogP contribution in [-0.4, -0.2) is 37.1 Å². The van der Waals surface area contributed by atoms with Gasteiger partial charge in [0.1, 0.15) is 6.61 Å². The maximum Gasteiger partial charge on any atom is 0.255 e. The average molecular weight is 352 g/mol. The number of carbonyl (C=O) groups is 1. The average Bonchev–Trinajstić information content (AvgIpc) is 2.54. The quantitative estimate of drug-likeness (QED) is 0.841. The summed E-state index contributed by atoms with van der Waals surface area (Å²) in [7, 11) is 1.71. The minimum atomic E-state index is -0.232. The number of para-hydroxylation sites is 2. The molecule has 23 heavy (non-hydrogen) atoms. The first-order valence-electron chi connectivity index (χ1n) is 7.13. The van der Waals surface area contributed by atoms with Gasteiger partial charge in [0, 0.05) is 12.1 Å². The van der Waals surface area contributed by atoms with Crippen LogP contribution in [0.2, 0.25) is 10.0 Å². The molecule has 1 heterocycles. The zero-order chi connectivity index (χ0) is 16.4. The fourth-order valence-corrected chi connectivity index (χ4v) is 2.90. The van der Waals surface area contributed by atoms with E-state index in [-0.39, 0.29) is 12.0 Å². The van der Waals surface area contributed by atoms with Crippen molar-refractivity contribution in [3.05, 3.63) is 58.1 Å². The van der Waals surface area contributed by atoms with Crippen LogP contribution in [0, 0.1) is 0 Å². The van der Waals surface area contributed by atoms with Crippen LogP contribution in [0.15, 0.2) is 42.5 Å². The van der Waals surface area contributed by atoms with Crippen LogP contribution in [0.3, 0.4) is 0 Å². The number of amides is 1. The maximum atomic E-state index is 12.5. The van der Waals surface area contributed by atoms with Crippen molar-refractivity contribution in [3.8, 4) is 11.5 Å². The van der Waals surface area contributed by atoms with Crippen molar-refractivity contribution >= 4 is 29.1 Å². The predicted molar refractivity (Wildman–Crippen MR) is 89.8 cm³/mol. The van der Waals surface area contributed by atoms with E-state index >= 15 is 0 Å². The van der Waals surface area contributed by atoms with Crippen molar-refractivity contribution in [3.63, 3.8) is 0 Å². The van der Waals surface area contributed by atoms with Gasteiger partial charge >= 0.3 is 0 Å².